The van der Waals surface area contributed by atoms with Gasteiger partial charge in [0.05, 0.1) is 18.4 Å². The van der Waals surface area contributed by atoms with Crippen molar-refractivity contribution in [2.24, 2.45) is 0 Å². The van der Waals surface area contributed by atoms with Gasteiger partial charge in [-0.1, -0.05) is 12.8 Å². The third-order valence-electron chi connectivity index (χ3n) is 3.32. The van der Waals surface area contributed by atoms with Gasteiger partial charge in [0.15, 0.2) is 0 Å². The van der Waals surface area contributed by atoms with E-state index >= 15 is 0 Å². The van der Waals surface area contributed by atoms with E-state index in [0.717, 1.165) is 5.69 Å². The van der Waals surface area contributed by atoms with Crippen LogP contribution in [-0.2, 0) is 4.79 Å². The summed E-state index contributed by atoms with van der Waals surface area (Å²) in [7, 11) is 0. The van der Waals surface area contributed by atoms with Crippen molar-refractivity contribution in [1.29, 1.82) is 0 Å². The molecule has 18 heavy (non-hydrogen) atoms. The summed E-state index contributed by atoms with van der Waals surface area (Å²) in [5.74, 6) is 0.00482. The second-order valence-electron chi connectivity index (χ2n) is 5.21. The highest BCUT2D eigenvalue weighted by Gasteiger charge is 2.15. The van der Waals surface area contributed by atoms with E-state index < -0.39 is 0 Å². The first kappa shape index (κ1) is 13.1. The quantitative estimate of drug-likeness (QED) is 0.839. The van der Waals surface area contributed by atoms with Crippen molar-refractivity contribution >= 4 is 11.6 Å². The first-order valence-electron chi connectivity index (χ1n) is 6.72. The number of carbonyl (C=O) groups is 1. The summed E-state index contributed by atoms with van der Waals surface area (Å²) >= 11 is 0. The molecule has 1 aromatic heterocycles. The number of rotatable bonds is 5. The van der Waals surface area contributed by atoms with Crippen LogP contribution < -0.4 is 10.6 Å². The van der Waals surface area contributed by atoms with Gasteiger partial charge in [-0.2, -0.15) is 5.10 Å². The number of nitrogens with zero attached hydrogens (tertiary/aromatic N) is 2. The SMILES string of the molecule is CC(C)n1cc(NC(=O)CNC2CCCC2)cn1. The molecule has 1 fully saturated rings. The zero-order valence-electron chi connectivity index (χ0n) is 11.1. The van der Waals surface area contributed by atoms with Crippen molar-refractivity contribution in [2.45, 2.75) is 51.6 Å². The van der Waals surface area contributed by atoms with Crippen LogP contribution in [-0.4, -0.2) is 28.3 Å². The fraction of sp³-hybridized carbons (Fsp3) is 0.692. The van der Waals surface area contributed by atoms with Gasteiger partial charge in [0.25, 0.3) is 0 Å². The number of anilines is 1. The minimum atomic E-state index is 0.00482. The Bertz CT molecular complexity index is 393. The van der Waals surface area contributed by atoms with Crippen LogP contribution in [0.25, 0.3) is 0 Å². The highest BCUT2D eigenvalue weighted by Crippen LogP contribution is 2.17. The summed E-state index contributed by atoms with van der Waals surface area (Å²) in [5.41, 5.74) is 0.766. The fourth-order valence-corrected chi connectivity index (χ4v) is 2.26. The Labute approximate surface area is 108 Å². The molecule has 1 saturated carbocycles. The second-order valence-corrected chi connectivity index (χ2v) is 5.21. The van der Waals surface area contributed by atoms with Gasteiger partial charge in [-0.25, -0.2) is 0 Å². The number of amides is 1. The molecule has 0 unspecified atom stereocenters. The lowest BCUT2D eigenvalue weighted by Crippen LogP contribution is -2.34. The van der Waals surface area contributed by atoms with Crippen LogP contribution >= 0.6 is 0 Å². The first-order chi connectivity index (χ1) is 8.65. The standard InChI is InChI=1S/C13H22N4O/c1-10(2)17-9-12(7-15-17)16-13(18)8-14-11-5-3-4-6-11/h7,9-11,14H,3-6,8H2,1-2H3,(H,16,18). The molecule has 5 heteroatoms. The largest absolute Gasteiger partial charge is 0.322 e. The van der Waals surface area contributed by atoms with E-state index in [1.165, 1.54) is 25.7 Å². The Kier molecular flexibility index (Phi) is 4.36. The lowest BCUT2D eigenvalue weighted by Gasteiger charge is -2.10. The maximum absolute atomic E-state index is 11.7. The first-order valence-corrected chi connectivity index (χ1v) is 6.72. The Morgan fingerprint density at radius 2 is 2.22 bits per heavy atom. The minimum Gasteiger partial charge on any atom is -0.322 e. The highest BCUT2D eigenvalue weighted by atomic mass is 16.1. The van der Waals surface area contributed by atoms with Crippen LogP contribution in [0.3, 0.4) is 0 Å². The molecule has 5 nitrogen and oxygen atoms in total. The number of carbonyl (C=O) groups excluding carboxylic acids is 1. The van der Waals surface area contributed by atoms with Crippen molar-refractivity contribution in [3.8, 4) is 0 Å². The van der Waals surface area contributed by atoms with E-state index in [-0.39, 0.29) is 5.91 Å². The van der Waals surface area contributed by atoms with Crippen molar-refractivity contribution < 1.29 is 4.79 Å². The third-order valence-corrected chi connectivity index (χ3v) is 3.32. The predicted octanol–water partition coefficient (Wildman–Crippen LogP) is 1.93. The van der Waals surface area contributed by atoms with Crippen LogP contribution in [0.15, 0.2) is 12.4 Å². The van der Waals surface area contributed by atoms with E-state index in [2.05, 4.69) is 29.6 Å². The predicted molar refractivity (Wildman–Crippen MR) is 71.5 cm³/mol. The van der Waals surface area contributed by atoms with E-state index in [1.807, 2.05) is 10.9 Å². The normalized spacial score (nSPS) is 16.4. The zero-order chi connectivity index (χ0) is 13.0. The van der Waals surface area contributed by atoms with E-state index in [0.29, 0.717) is 18.6 Å². The zero-order valence-corrected chi connectivity index (χ0v) is 11.1. The van der Waals surface area contributed by atoms with Gasteiger partial charge in [0.1, 0.15) is 0 Å². The van der Waals surface area contributed by atoms with Gasteiger partial charge in [0.2, 0.25) is 5.91 Å². The van der Waals surface area contributed by atoms with E-state index in [1.54, 1.807) is 6.20 Å². The molecule has 2 rings (SSSR count). The van der Waals surface area contributed by atoms with E-state index in [4.69, 9.17) is 0 Å². The average molecular weight is 250 g/mol. The molecule has 1 heterocycles. The molecule has 0 bridgehead atoms. The van der Waals surface area contributed by atoms with Gasteiger partial charge >= 0.3 is 0 Å². The molecule has 100 valence electrons. The Balaban J connectivity index is 1.75. The summed E-state index contributed by atoms with van der Waals surface area (Å²) < 4.78 is 1.83. The third kappa shape index (κ3) is 3.57. The smallest absolute Gasteiger partial charge is 0.238 e. The summed E-state index contributed by atoms with van der Waals surface area (Å²) in [4.78, 5) is 11.7. The monoisotopic (exact) mass is 250 g/mol. The van der Waals surface area contributed by atoms with Crippen LogP contribution in [0.2, 0.25) is 0 Å². The fourth-order valence-electron chi connectivity index (χ4n) is 2.26. The van der Waals surface area contributed by atoms with Crippen LogP contribution in [0.1, 0.15) is 45.6 Å². The number of hydrogen-bond donors (Lipinski definition) is 2. The van der Waals surface area contributed by atoms with Crippen molar-refractivity contribution in [3.63, 3.8) is 0 Å². The lowest BCUT2D eigenvalue weighted by molar-refractivity contribution is -0.115. The Morgan fingerprint density at radius 3 is 2.83 bits per heavy atom. The van der Waals surface area contributed by atoms with Crippen molar-refractivity contribution in [2.75, 3.05) is 11.9 Å². The highest BCUT2D eigenvalue weighted by molar-refractivity contribution is 5.91. The molecular formula is C13H22N4O. The number of nitrogens with one attached hydrogen (secondary N) is 2. The molecule has 1 aliphatic carbocycles. The molecule has 0 aliphatic heterocycles. The molecule has 2 N–H and O–H groups in total. The lowest BCUT2D eigenvalue weighted by atomic mass is 10.2. The summed E-state index contributed by atoms with van der Waals surface area (Å²) in [6.45, 7) is 4.50. The molecule has 0 spiro atoms. The van der Waals surface area contributed by atoms with Crippen LogP contribution in [0.5, 0.6) is 0 Å². The van der Waals surface area contributed by atoms with Gasteiger partial charge in [0, 0.05) is 18.3 Å². The topological polar surface area (TPSA) is 59.0 Å². The molecule has 1 amide bonds. The Morgan fingerprint density at radius 1 is 1.50 bits per heavy atom. The average Bonchev–Trinajstić information content (AvgIpc) is 2.96. The molecule has 0 radical (unpaired) electrons. The molecule has 0 aromatic carbocycles. The molecule has 1 aliphatic rings. The molecule has 0 atom stereocenters. The summed E-state index contributed by atoms with van der Waals surface area (Å²) in [5, 5.41) is 10.3. The molecule has 0 saturated heterocycles. The minimum absolute atomic E-state index is 0.00482. The van der Waals surface area contributed by atoms with Crippen LogP contribution in [0, 0.1) is 0 Å². The van der Waals surface area contributed by atoms with Gasteiger partial charge in [-0.15, -0.1) is 0 Å². The number of aromatic nitrogens is 2. The van der Waals surface area contributed by atoms with Crippen molar-refractivity contribution in [3.05, 3.63) is 12.4 Å². The summed E-state index contributed by atoms with van der Waals surface area (Å²) in [6.07, 6.45) is 8.49. The number of hydrogen-bond acceptors (Lipinski definition) is 3. The second kappa shape index (κ2) is 6.00. The van der Waals surface area contributed by atoms with Crippen molar-refractivity contribution in [1.82, 2.24) is 15.1 Å². The van der Waals surface area contributed by atoms with E-state index in [9.17, 15) is 4.79 Å². The molecular weight excluding hydrogens is 228 g/mol. The van der Waals surface area contributed by atoms with Gasteiger partial charge < -0.3 is 10.6 Å². The maximum Gasteiger partial charge on any atom is 0.238 e. The molecule has 1 aromatic rings. The maximum atomic E-state index is 11.7. The van der Waals surface area contributed by atoms with Gasteiger partial charge in [-0.3, -0.25) is 9.48 Å². The van der Waals surface area contributed by atoms with Gasteiger partial charge in [-0.05, 0) is 26.7 Å². The summed E-state index contributed by atoms with van der Waals surface area (Å²) in [6, 6.07) is 0.835. The van der Waals surface area contributed by atoms with Crippen LogP contribution in [0.4, 0.5) is 5.69 Å². The Hall–Kier alpha value is -1.36.